The lowest BCUT2D eigenvalue weighted by Gasteiger charge is -2.10. The first-order valence-corrected chi connectivity index (χ1v) is 9.77. The number of halogens is 1. The van der Waals surface area contributed by atoms with E-state index in [0.29, 0.717) is 21.3 Å². The molecule has 2 heterocycles. The number of nitrogens with one attached hydrogen (secondary N) is 1. The molecular weight excluding hydrogens is 368 g/mol. The first kappa shape index (κ1) is 17.0. The normalized spacial score (nSPS) is 11.7. The van der Waals surface area contributed by atoms with Gasteiger partial charge in [-0.1, -0.05) is 22.8 Å². The van der Waals surface area contributed by atoms with E-state index in [1.807, 2.05) is 13.8 Å². The number of sulfonamides is 1. The highest BCUT2D eigenvalue weighted by molar-refractivity contribution is 7.93. The predicted octanol–water partition coefficient (Wildman–Crippen LogP) is 4.78. The Labute approximate surface area is 149 Å². The van der Waals surface area contributed by atoms with Crippen molar-refractivity contribution in [1.29, 1.82) is 0 Å². The summed E-state index contributed by atoms with van der Waals surface area (Å²) in [5.41, 5.74) is 2.00. The van der Waals surface area contributed by atoms with E-state index in [0.717, 1.165) is 16.1 Å². The first-order chi connectivity index (χ1) is 11.3. The Kier molecular flexibility index (Phi) is 4.42. The van der Waals surface area contributed by atoms with Gasteiger partial charge in [-0.25, -0.2) is 8.42 Å². The standard InChI is InChI=1S/C16H15ClN2O3S2/c1-9-4-5-12(17)7-13(9)19-24(20,21)16-8-15(23-11(16)3)14-6-10(2)18-22-14/h4-8,19H,1-3H3. The Balaban J connectivity index is 1.98. The van der Waals surface area contributed by atoms with Crippen molar-refractivity contribution in [3.8, 4) is 10.6 Å². The van der Waals surface area contributed by atoms with Crippen molar-refractivity contribution in [2.45, 2.75) is 25.7 Å². The van der Waals surface area contributed by atoms with E-state index < -0.39 is 10.0 Å². The van der Waals surface area contributed by atoms with Gasteiger partial charge >= 0.3 is 0 Å². The molecule has 0 amide bonds. The van der Waals surface area contributed by atoms with Gasteiger partial charge in [0, 0.05) is 16.0 Å². The Morgan fingerprint density at radius 3 is 2.58 bits per heavy atom. The lowest BCUT2D eigenvalue weighted by Crippen LogP contribution is -2.13. The van der Waals surface area contributed by atoms with Crippen LogP contribution in [-0.4, -0.2) is 13.6 Å². The summed E-state index contributed by atoms with van der Waals surface area (Å²) in [6.07, 6.45) is 0. The van der Waals surface area contributed by atoms with Crippen molar-refractivity contribution >= 4 is 38.6 Å². The molecule has 1 N–H and O–H groups in total. The molecule has 5 nitrogen and oxygen atoms in total. The summed E-state index contributed by atoms with van der Waals surface area (Å²) < 4.78 is 33.3. The largest absolute Gasteiger partial charge is 0.355 e. The maximum absolute atomic E-state index is 12.7. The van der Waals surface area contributed by atoms with E-state index in [1.54, 1.807) is 37.3 Å². The van der Waals surface area contributed by atoms with Crippen molar-refractivity contribution in [1.82, 2.24) is 5.16 Å². The molecule has 0 fully saturated rings. The summed E-state index contributed by atoms with van der Waals surface area (Å²) in [5, 5.41) is 4.31. The summed E-state index contributed by atoms with van der Waals surface area (Å²) in [4.78, 5) is 1.61. The Bertz CT molecular complexity index is 1010. The Morgan fingerprint density at radius 2 is 1.92 bits per heavy atom. The third kappa shape index (κ3) is 3.33. The number of nitrogens with zero attached hydrogens (tertiary/aromatic N) is 1. The summed E-state index contributed by atoms with van der Waals surface area (Å²) in [6, 6.07) is 8.45. The fraction of sp³-hybridized carbons (Fsp3) is 0.188. The highest BCUT2D eigenvalue weighted by atomic mass is 35.5. The van der Waals surface area contributed by atoms with Gasteiger partial charge in [-0.2, -0.15) is 0 Å². The van der Waals surface area contributed by atoms with Gasteiger partial charge in [-0.05, 0) is 44.5 Å². The molecule has 0 spiro atoms. The summed E-state index contributed by atoms with van der Waals surface area (Å²) in [6.45, 7) is 5.39. The van der Waals surface area contributed by atoms with Gasteiger partial charge in [0.25, 0.3) is 10.0 Å². The van der Waals surface area contributed by atoms with Gasteiger partial charge < -0.3 is 4.52 Å². The average molecular weight is 383 g/mol. The SMILES string of the molecule is Cc1cc(-c2cc(S(=O)(=O)Nc3cc(Cl)ccc3C)c(C)s2)on1. The van der Waals surface area contributed by atoms with E-state index in [2.05, 4.69) is 9.88 Å². The van der Waals surface area contributed by atoms with Crippen LogP contribution in [0.1, 0.15) is 16.1 Å². The maximum Gasteiger partial charge on any atom is 0.263 e. The molecule has 0 aliphatic heterocycles. The predicted molar refractivity (Wildman–Crippen MR) is 96.3 cm³/mol. The van der Waals surface area contributed by atoms with Crippen LogP contribution in [0.2, 0.25) is 5.02 Å². The number of rotatable bonds is 4. The van der Waals surface area contributed by atoms with Crippen LogP contribution < -0.4 is 4.72 Å². The minimum absolute atomic E-state index is 0.218. The van der Waals surface area contributed by atoms with E-state index >= 15 is 0 Å². The second kappa shape index (κ2) is 6.23. The Morgan fingerprint density at radius 1 is 1.17 bits per heavy atom. The third-order valence-electron chi connectivity index (χ3n) is 3.48. The van der Waals surface area contributed by atoms with Crippen LogP contribution in [0.25, 0.3) is 10.6 Å². The molecule has 0 saturated carbocycles. The van der Waals surface area contributed by atoms with Crippen molar-refractivity contribution < 1.29 is 12.9 Å². The van der Waals surface area contributed by atoms with Gasteiger partial charge in [-0.3, -0.25) is 4.72 Å². The van der Waals surface area contributed by atoms with Crippen LogP contribution >= 0.6 is 22.9 Å². The lowest BCUT2D eigenvalue weighted by atomic mass is 10.2. The fourth-order valence-corrected chi connectivity index (χ4v) is 5.07. The van der Waals surface area contributed by atoms with Crippen LogP contribution in [0.15, 0.2) is 39.8 Å². The number of hydrogen-bond acceptors (Lipinski definition) is 5. The van der Waals surface area contributed by atoms with Crippen molar-refractivity contribution in [2.24, 2.45) is 0 Å². The maximum atomic E-state index is 12.7. The molecule has 2 aromatic heterocycles. The van der Waals surface area contributed by atoms with Gasteiger partial charge in [0.05, 0.1) is 16.3 Å². The second-order valence-electron chi connectivity index (χ2n) is 5.43. The zero-order chi connectivity index (χ0) is 17.5. The molecule has 3 rings (SSSR count). The molecule has 0 unspecified atom stereocenters. The zero-order valence-corrected chi connectivity index (χ0v) is 15.6. The zero-order valence-electron chi connectivity index (χ0n) is 13.3. The minimum atomic E-state index is -3.72. The molecule has 126 valence electrons. The van der Waals surface area contributed by atoms with Crippen LogP contribution in [0.3, 0.4) is 0 Å². The average Bonchev–Trinajstić information content (AvgIpc) is 3.09. The van der Waals surface area contributed by atoms with Crippen LogP contribution in [-0.2, 0) is 10.0 Å². The van der Waals surface area contributed by atoms with Gasteiger partial charge in [0.15, 0.2) is 5.76 Å². The van der Waals surface area contributed by atoms with Gasteiger partial charge in [0.1, 0.15) is 4.90 Å². The summed E-state index contributed by atoms with van der Waals surface area (Å²) in [7, 11) is -3.72. The smallest absolute Gasteiger partial charge is 0.263 e. The summed E-state index contributed by atoms with van der Waals surface area (Å²) >= 11 is 7.30. The number of aryl methyl sites for hydroxylation is 3. The number of anilines is 1. The van der Waals surface area contributed by atoms with Crippen LogP contribution in [0.5, 0.6) is 0 Å². The van der Waals surface area contributed by atoms with E-state index in [9.17, 15) is 8.42 Å². The second-order valence-corrected chi connectivity index (χ2v) is 8.77. The molecule has 0 radical (unpaired) electrons. The highest BCUT2D eigenvalue weighted by Gasteiger charge is 2.22. The number of benzene rings is 1. The van der Waals surface area contributed by atoms with Gasteiger partial charge in [0.2, 0.25) is 0 Å². The molecule has 24 heavy (non-hydrogen) atoms. The number of hydrogen-bond donors (Lipinski definition) is 1. The highest BCUT2D eigenvalue weighted by Crippen LogP contribution is 2.35. The van der Waals surface area contributed by atoms with E-state index in [4.69, 9.17) is 16.1 Å². The lowest BCUT2D eigenvalue weighted by molar-refractivity contribution is 0.428. The quantitative estimate of drug-likeness (QED) is 0.704. The molecule has 0 bridgehead atoms. The molecule has 0 aliphatic carbocycles. The number of thiophene rings is 1. The third-order valence-corrected chi connectivity index (χ3v) is 6.40. The van der Waals surface area contributed by atoms with Crippen LogP contribution in [0, 0.1) is 20.8 Å². The molecule has 1 aromatic carbocycles. The number of aromatic nitrogens is 1. The topological polar surface area (TPSA) is 72.2 Å². The van der Waals surface area contributed by atoms with Gasteiger partial charge in [-0.15, -0.1) is 11.3 Å². The molecule has 0 aliphatic rings. The first-order valence-electron chi connectivity index (χ1n) is 7.09. The molecule has 0 saturated heterocycles. The van der Waals surface area contributed by atoms with E-state index in [-0.39, 0.29) is 4.90 Å². The molecule has 0 atom stereocenters. The van der Waals surface area contributed by atoms with Crippen molar-refractivity contribution in [3.05, 3.63) is 51.5 Å². The molecule has 3 aromatic rings. The van der Waals surface area contributed by atoms with E-state index in [1.165, 1.54) is 11.3 Å². The van der Waals surface area contributed by atoms with Crippen molar-refractivity contribution in [3.63, 3.8) is 0 Å². The van der Waals surface area contributed by atoms with Crippen LogP contribution in [0.4, 0.5) is 5.69 Å². The molecular formula is C16H15ClN2O3S2. The Hall–Kier alpha value is -1.83. The fourth-order valence-electron chi connectivity index (χ4n) is 2.24. The summed E-state index contributed by atoms with van der Waals surface area (Å²) in [5.74, 6) is 0.556. The minimum Gasteiger partial charge on any atom is -0.355 e. The monoisotopic (exact) mass is 382 g/mol. The van der Waals surface area contributed by atoms with Crippen molar-refractivity contribution in [2.75, 3.05) is 4.72 Å². The molecule has 8 heteroatoms.